The third kappa shape index (κ3) is 3.03. The summed E-state index contributed by atoms with van der Waals surface area (Å²) in [5, 5.41) is 21.0. The van der Waals surface area contributed by atoms with Crippen LogP contribution in [0.1, 0.15) is 16.8 Å². The highest BCUT2D eigenvalue weighted by Gasteiger charge is 2.57. The van der Waals surface area contributed by atoms with Crippen molar-refractivity contribution in [2.24, 2.45) is 0 Å². The molecule has 6 nitrogen and oxygen atoms in total. The summed E-state index contributed by atoms with van der Waals surface area (Å²) in [4.78, 5) is 3.65. The van der Waals surface area contributed by atoms with Crippen LogP contribution < -0.4 is 0 Å². The maximum absolute atomic E-state index is 15.2. The van der Waals surface area contributed by atoms with Gasteiger partial charge >= 0.3 is 5.92 Å². The quantitative estimate of drug-likeness (QED) is 0.701. The molecule has 10 heteroatoms. The first kappa shape index (κ1) is 17.9. The van der Waals surface area contributed by atoms with Crippen molar-refractivity contribution in [2.45, 2.75) is 25.0 Å². The highest BCUT2D eigenvalue weighted by Crippen LogP contribution is 2.46. The Morgan fingerprint density at radius 3 is 2.50 bits per heavy atom. The molecule has 0 aliphatic carbocycles. The van der Waals surface area contributed by atoms with E-state index in [0.717, 1.165) is 29.2 Å². The minimum absolute atomic E-state index is 0.415. The van der Waals surface area contributed by atoms with Crippen molar-refractivity contribution in [3.8, 4) is 0 Å². The fraction of sp³-hybridized carbons (Fsp3) is 0.250. The van der Waals surface area contributed by atoms with E-state index in [0.29, 0.717) is 11.6 Å². The van der Waals surface area contributed by atoms with Crippen LogP contribution in [0.15, 0.2) is 42.9 Å². The maximum atomic E-state index is 15.2. The summed E-state index contributed by atoms with van der Waals surface area (Å²) in [7, 11) is 0. The number of aliphatic hydroxyl groups is 1. The molecule has 0 saturated heterocycles. The van der Waals surface area contributed by atoms with Crippen LogP contribution in [0, 0.1) is 18.6 Å². The second-order valence-electron chi connectivity index (χ2n) is 5.79. The van der Waals surface area contributed by atoms with E-state index >= 15 is 8.78 Å². The van der Waals surface area contributed by atoms with Crippen LogP contribution in [0.4, 0.5) is 17.6 Å². The highest BCUT2D eigenvalue weighted by molar-refractivity contribution is 5.31. The molecule has 0 aliphatic heterocycles. The summed E-state index contributed by atoms with van der Waals surface area (Å²) in [6, 6.07) is 4.37. The number of nitrogens with zero attached hydrogens (tertiary/aromatic N) is 5. The molecule has 136 valence electrons. The van der Waals surface area contributed by atoms with E-state index < -0.39 is 41.0 Å². The van der Waals surface area contributed by atoms with Crippen LogP contribution >= 0.6 is 0 Å². The monoisotopic (exact) mass is 367 g/mol. The van der Waals surface area contributed by atoms with Gasteiger partial charge in [-0.05, 0) is 41.1 Å². The van der Waals surface area contributed by atoms with Gasteiger partial charge in [-0.3, -0.25) is 4.98 Å². The van der Waals surface area contributed by atoms with Crippen LogP contribution in [0.3, 0.4) is 0 Å². The number of hydrogen-bond acceptors (Lipinski definition) is 5. The van der Waals surface area contributed by atoms with Crippen LogP contribution in [-0.2, 0) is 18.1 Å². The molecule has 0 amide bonds. The molecular weight excluding hydrogens is 354 g/mol. The molecule has 0 radical (unpaired) electrons. The van der Waals surface area contributed by atoms with Crippen molar-refractivity contribution in [3.05, 3.63) is 71.3 Å². The molecule has 26 heavy (non-hydrogen) atoms. The maximum Gasteiger partial charge on any atom is 0.323 e. The first-order valence-corrected chi connectivity index (χ1v) is 7.43. The van der Waals surface area contributed by atoms with Gasteiger partial charge in [0.25, 0.3) is 0 Å². The summed E-state index contributed by atoms with van der Waals surface area (Å²) in [6.07, 6.45) is 2.19. The SMILES string of the molecule is Cc1ccc(C(F)(F)C(O)(Cn2cnnn2)c2ccc(F)cc2F)nc1. The van der Waals surface area contributed by atoms with Crippen LogP contribution in [-0.4, -0.2) is 30.3 Å². The third-order valence-corrected chi connectivity index (χ3v) is 3.91. The Labute approximate surface area is 145 Å². The highest BCUT2D eigenvalue weighted by atomic mass is 19.3. The van der Waals surface area contributed by atoms with Gasteiger partial charge in [-0.15, -0.1) is 5.10 Å². The summed E-state index contributed by atoms with van der Waals surface area (Å²) in [5.74, 6) is -6.33. The number of aromatic nitrogens is 5. The molecule has 1 aromatic carbocycles. The fourth-order valence-corrected chi connectivity index (χ4v) is 2.53. The molecule has 0 bridgehead atoms. The predicted molar refractivity (Wildman–Crippen MR) is 80.9 cm³/mol. The lowest BCUT2D eigenvalue weighted by Crippen LogP contribution is -2.48. The topological polar surface area (TPSA) is 76.7 Å². The van der Waals surface area contributed by atoms with E-state index in [1.165, 1.54) is 12.3 Å². The molecule has 0 aliphatic rings. The number of tetrazole rings is 1. The Hall–Kier alpha value is -2.88. The number of alkyl halides is 2. The predicted octanol–water partition coefficient (Wildman–Crippen LogP) is 2.33. The molecule has 1 N–H and O–H groups in total. The Bertz CT molecular complexity index is 902. The summed E-state index contributed by atoms with van der Waals surface area (Å²) in [5.41, 5.74) is -4.08. The van der Waals surface area contributed by atoms with Gasteiger partial charge in [0.1, 0.15) is 23.7 Å². The molecule has 0 fully saturated rings. The molecule has 3 rings (SSSR count). The van der Waals surface area contributed by atoms with Gasteiger partial charge in [0.05, 0.1) is 6.54 Å². The minimum Gasteiger partial charge on any atom is -0.377 e. The Morgan fingerprint density at radius 2 is 1.92 bits per heavy atom. The van der Waals surface area contributed by atoms with E-state index in [4.69, 9.17) is 0 Å². The molecule has 0 spiro atoms. The van der Waals surface area contributed by atoms with Crippen LogP contribution in [0.25, 0.3) is 0 Å². The standard InChI is InChI=1S/C16H13F4N5O/c1-10-2-5-14(21-7-10)16(19,20)15(26,8-25-9-22-23-24-25)12-4-3-11(17)6-13(12)18/h2-7,9,26H,8H2,1H3. The average molecular weight is 367 g/mol. The van der Waals surface area contributed by atoms with E-state index in [2.05, 4.69) is 20.5 Å². The van der Waals surface area contributed by atoms with Crippen LogP contribution in [0.5, 0.6) is 0 Å². The Morgan fingerprint density at radius 1 is 1.15 bits per heavy atom. The summed E-state index contributed by atoms with van der Waals surface area (Å²) < 4.78 is 58.8. The number of pyridine rings is 1. The molecule has 0 saturated carbocycles. The third-order valence-electron chi connectivity index (χ3n) is 3.91. The van der Waals surface area contributed by atoms with Gasteiger partial charge in [-0.2, -0.15) is 8.78 Å². The molecule has 3 aromatic rings. The lowest BCUT2D eigenvalue weighted by atomic mass is 9.84. The molecule has 1 unspecified atom stereocenters. The van der Waals surface area contributed by atoms with Gasteiger partial charge in [0, 0.05) is 17.8 Å². The van der Waals surface area contributed by atoms with Gasteiger partial charge < -0.3 is 5.11 Å². The number of halogens is 4. The van der Waals surface area contributed by atoms with Crippen molar-refractivity contribution in [2.75, 3.05) is 0 Å². The van der Waals surface area contributed by atoms with Gasteiger partial charge in [0.2, 0.25) is 0 Å². The second-order valence-corrected chi connectivity index (χ2v) is 5.79. The number of hydrogen-bond donors (Lipinski definition) is 1. The van der Waals surface area contributed by atoms with Crippen molar-refractivity contribution in [1.82, 2.24) is 25.2 Å². The van der Waals surface area contributed by atoms with Crippen molar-refractivity contribution >= 4 is 0 Å². The van der Waals surface area contributed by atoms with Crippen molar-refractivity contribution < 1.29 is 22.7 Å². The first-order valence-electron chi connectivity index (χ1n) is 7.43. The summed E-state index contributed by atoms with van der Waals surface area (Å²) >= 11 is 0. The van der Waals surface area contributed by atoms with Crippen molar-refractivity contribution in [3.63, 3.8) is 0 Å². The summed E-state index contributed by atoms with van der Waals surface area (Å²) in [6.45, 7) is 0.771. The first-order chi connectivity index (χ1) is 12.2. The lowest BCUT2D eigenvalue weighted by molar-refractivity contribution is -0.207. The normalized spacial score (nSPS) is 14.2. The molecular formula is C16H13F4N5O. The molecule has 1 atom stereocenters. The Balaban J connectivity index is 2.17. The Kier molecular flexibility index (Phi) is 4.45. The van der Waals surface area contributed by atoms with Gasteiger partial charge in [0.15, 0.2) is 5.60 Å². The van der Waals surface area contributed by atoms with Gasteiger partial charge in [-0.1, -0.05) is 6.07 Å². The molecule has 2 heterocycles. The van der Waals surface area contributed by atoms with Crippen LogP contribution in [0.2, 0.25) is 0 Å². The van der Waals surface area contributed by atoms with E-state index in [9.17, 15) is 13.9 Å². The van der Waals surface area contributed by atoms with E-state index in [1.807, 2.05) is 0 Å². The largest absolute Gasteiger partial charge is 0.377 e. The zero-order valence-corrected chi connectivity index (χ0v) is 13.4. The zero-order valence-electron chi connectivity index (χ0n) is 13.4. The van der Waals surface area contributed by atoms with E-state index in [-0.39, 0.29) is 0 Å². The second kappa shape index (κ2) is 6.45. The fourth-order valence-electron chi connectivity index (χ4n) is 2.53. The smallest absolute Gasteiger partial charge is 0.323 e. The number of aryl methyl sites for hydroxylation is 1. The number of benzene rings is 1. The average Bonchev–Trinajstić information content (AvgIpc) is 3.07. The van der Waals surface area contributed by atoms with Crippen molar-refractivity contribution in [1.29, 1.82) is 0 Å². The zero-order chi connectivity index (χ0) is 18.9. The van der Waals surface area contributed by atoms with E-state index in [1.54, 1.807) is 6.92 Å². The lowest BCUT2D eigenvalue weighted by Gasteiger charge is -2.35. The number of rotatable bonds is 5. The molecule has 2 aromatic heterocycles. The van der Waals surface area contributed by atoms with Gasteiger partial charge in [-0.25, -0.2) is 13.5 Å². The minimum atomic E-state index is -4.04.